The van der Waals surface area contributed by atoms with Crippen LogP contribution in [-0.2, 0) is 15.4 Å². The highest BCUT2D eigenvalue weighted by atomic mass is 35.5. The van der Waals surface area contributed by atoms with Crippen molar-refractivity contribution < 1.29 is 35.9 Å². The number of nitrogens with two attached hydrogens (primary N) is 1. The molecular weight excluding hydrogens is 583 g/mol. The lowest BCUT2D eigenvalue weighted by molar-refractivity contribution is -0.274. The molecule has 0 saturated carbocycles. The van der Waals surface area contributed by atoms with Gasteiger partial charge in [-0.2, -0.15) is 0 Å². The van der Waals surface area contributed by atoms with Crippen molar-refractivity contribution in [2.75, 3.05) is 17.6 Å². The average Bonchev–Trinajstić information content (AvgIpc) is 3.21. The first kappa shape index (κ1) is 30.1. The zero-order valence-corrected chi connectivity index (χ0v) is 24.0. The molecule has 13 heteroatoms. The number of hydrogen-bond donors (Lipinski definition) is 2. The number of carbonyl (C=O) groups excluding carboxylic acids is 1. The van der Waals surface area contributed by atoms with E-state index in [-0.39, 0.29) is 28.8 Å². The fourth-order valence-corrected chi connectivity index (χ4v) is 5.33. The Balaban J connectivity index is 1.91. The Kier molecular flexibility index (Phi) is 7.94. The molecule has 8 nitrogen and oxygen atoms in total. The van der Waals surface area contributed by atoms with E-state index in [2.05, 4.69) is 9.46 Å². The summed E-state index contributed by atoms with van der Waals surface area (Å²) < 4.78 is 76.5. The molecule has 3 N–H and O–H groups in total. The number of halogens is 4. The van der Waals surface area contributed by atoms with Gasteiger partial charge in [-0.25, -0.2) is 8.42 Å². The van der Waals surface area contributed by atoms with Gasteiger partial charge in [-0.15, -0.1) is 13.2 Å². The van der Waals surface area contributed by atoms with Crippen molar-refractivity contribution in [3.8, 4) is 17.2 Å². The van der Waals surface area contributed by atoms with Crippen LogP contribution >= 0.6 is 11.6 Å². The number of aromatic nitrogens is 1. The first-order valence-electron chi connectivity index (χ1n) is 12.3. The summed E-state index contributed by atoms with van der Waals surface area (Å²) in [6.07, 6.45) is -3.89. The third kappa shape index (κ3) is 6.88. The second kappa shape index (κ2) is 10.8. The number of carbonyl (C=O) groups is 1. The van der Waals surface area contributed by atoms with Crippen LogP contribution in [0.25, 0.3) is 16.6 Å². The summed E-state index contributed by atoms with van der Waals surface area (Å²) in [6, 6.07) is 15.4. The molecule has 0 unspecified atom stereocenters. The Morgan fingerprint density at radius 1 is 1.00 bits per heavy atom. The lowest BCUT2D eigenvalue weighted by Crippen LogP contribution is -2.22. The van der Waals surface area contributed by atoms with Crippen LogP contribution in [-0.4, -0.2) is 38.1 Å². The van der Waals surface area contributed by atoms with E-state index in [1.807, 2.05) is 0 Å². The molecule has 0 aliphatic heterocycles. The molecule has 0 radical (unpaired) electrons. The molecule has 0 bridgehead atoms. The van der Waals surface area contributed by atoms with E-state index in [0.29, 0.717) is 27.7 Å². The van der Waals surface area contributed by atoms with Crippen LogP contribution in [0.3, 0.4) is 0 Å². The maximum Gasteiger partial charge on any atom is 0.573 e. The number of ether oxygens (including phenoxy) is 2. The van der Waals surface area contributed by atoms with Gasteiger partial charge in [0.05, 0.1) is 24.1 Å². The van der Waals surface area contributed by atoms with E-state index < -0.39 is 33.5 Å². The van der Waals surface area contributed by atoms with Crippen molar-refractivity contribution in [3.63, 3.8) is 0 Å². The fraction of sp³-hybridized carbons (Fsp3) is 0.250. The number of nitrogens with zero attached hydrogens (tertiary/aromatic N) is 1. The van der Waals surface area contributed by atoms with E-state index in [1.54, 1.807) is 73.9 Å². The van der Waals surface area contributed by atoms with Crippen LogP contribution in [0.2, 0.25) is 5.02 Å². The standard InChI is InChI=1S/C28H27ClF3N3O5S/c1-5-39-22-11-18(12-23(15-22)40-28(30,31)32)27(2,3)17-9-19(29)13-21(10-17)35-24-14-20(34-41(4,37)38)7-6-16(24)8-25(35)26(33)36/h6-15,34H,5H2,1-4H3,(H2,33,36). The quantitative estimate of drug-likeness (QED) is 0.229. The summed E-state index contributed by atoms with van der Waals surface area (Å²) in [5.41, 5.74) is 7.07. The van der Waals surface area contributed by atoms with E-state index in [9.17, 15) is 26.4 Å². The molecular formula is C28H27ClF3N3O5S. The predicted molar refractivity (Wildman–Crippen MR) is 152 cm³/mol. The maximum atomic E-state index is 13.1. The van der Waals surface area contributed by atoms with Crippen molar-refractivity contribution in [1.29, 1.82) is 0 Å². The van der Waals surface area contributed by atoms with Gasteiger partial charge in [-0.05, 0) is 66.6 Å². The van der Waals surface area contributed by atoms with Gasteiger partial charge in [-0.3, -0.25) is 9.52 Å². The lowest BCUT2D eigenvalue weighted by Gasteiger charge is -2.28. The Hall–Kier alpha value is -3.90. The van der Waals surface area contributed by atoms with E-state index in [1.165, 1.54) is 6.07 Å². The second-order valence-corrected chi connectivity index (χ2v) is 12.1. The summed E-state index contributed by atoms with van der Waals surface area (Å²) >= 11 is 6.54. The number of benzene rings is 3. The van der Waals surface area contributed by atoms with Gasteiger partial charge in [0, 0.05) is 27.6 Å². The van der Waals surface area contributed by atoms with E-state index in [4.69, 9.17) is 22.1 Å². The molecule has 4 rings (SSSR count). The van der Waals surface area contributed by atoms with Crippen LogP contribution in [0.4, 0.5) is 18.9 Å². The number of hydrogen-bond acceptors (Lipinski definition) is 5. The Morgan fingerprint density at radius 3 is 2.27 bits per heavy atom. The van der Waals surface area contributed by atoms with E-state index in [0.717, 1.165) is 12.3 Å². The molecule has 4 aromatic rings. The first-order valence-corrected chi connectivity index (χ1v) is 14.5. The lowest BCUT2D eigenvalue weighted by atomic mass is 9.78. The number of amides is 1. The normalized spacial score (nSPS) is 12.4. The molecule has 0 aliphatic rings. The zero-order chi connectivity index (χ0) is 30.3. The van der Waals surface area contributed by atoms with Crippen LogP contribution in [0, 0.1) is 0 Å². The third-order valence-electron chi connectivity index (χ3n) is 6.37. The van der Waals surface area contributed by atoms with Crippen LogP contribution < -0.4 is 19.9 Å². The summed E-state index contributed by atoms with van der Waals surface area (Å²) in [4.78, 5) is 12.5. The fourth-order valence-electron chi connectivity index (χ4n) is 4.54. The monoisotopic (exact) mass is 609 g/mol. The molecule has 41 heavy (non-hydrogen) atoms. The second-order valence-electron chi connectivity index (χ2n) is 9.87. The van der Waals surface area contributed by atoms with Gasteiger partial charge in [0.15, 0.2) is 0 Å². The predicted octanol–water partition coefficient (Wildman–Crippen LogP) is 6.38. The van der Waals surface area contributed by atoms with Gasteiger partial charge in [-0.1, -0.05) is 31.5 Å². The van der Waals surface area contributed by atoms with Crippen LogP contribution in [0.1, 0.15) is 42.4 Å². The Bertz CT molecular complexity index is 1750. The summed E-state index contributed by atoms with van der Waals surface area (Å²) in [5.74, 6) is -0.983. The maximum absolute atomic E-state index is 13.1. The minimum Gasteiger partial charge on any atom is -0.494 e. The molecule has 1 heterocycles. The number of primary amides is 1. The molecule has 0 aliphatic carbocycles. The third-order valence-corrected chi connectivity index (χ3v) is 7.19. The average molecular weight is 610 g/mol. The van der Waals surface area contributed by atoms with Gasteiger partial charge >= 0.3 is 6.36 Å². The number of alkyl halides is 3. The molecule has 1 aromatic heterocycles. The highest BCUT2D eigenvalue weighted by Gasteiger charge is 2.33. The minimum atomic E-state index is -4.90. The van der Waals surface area contributed by atoms with Crippen molar-refractivity contribution in [2.45, 2.75) is 32.5 Å². The highest BCUT2D eigenvalue weighted by molar-refractivity contribution is 7.92. The highest BCUT2D eigenvalue weighted by Crippen LogP contribution is 2.40. The number of nitrogens with one attached hydrogen (secondary N) is 1. The number of fused-ring (bicyclic) bond motifs is 1. The van der Waals surface area contributed by atoms with E-state index >= 15 is 0 Å². The molecule has 0 saturated heterocycles. The topological polar surface area (TPSA) is 113 Å². The molecule has 218 valence electrons. The van der Waals surface area contributed by atoms with Crippen LogP contribution in [0.5, 0.6) is 11.5 Å². The SMILES string of the molecule is CCOc1cc(OC(F)(F)F)cc(C(C)(C)c2cc(Cl)cc(-n3c(C(N)=O)cc4ccc(NS(C)(=O)=O)cc43)c2)c1. The van der Waals surface area contributed by atoms with Crippen molar-refractivity contribution in [2.24, 2.45) is 5.73 Å². The summed E-state index contributed by atoms with van der Waals surface area (Å²) in [7, 11) is -3.58. The van der Waals surface area contributed by atoms with Gasteiger partial charge in [0.1, 0.15) is 17.2 Å². The molecule has 3 aromatic carbocycles. The van der Waals surface area contributed by atoms with Crippen molar-refractivity contribution in [1.82, 2.24) is 4.57 Å². The number of anilines is 1. The zero-order valence-electron chi connectivity index (χ0n) is 22.5. The van der Waals surface area contributed by atoms with Gasteiger partial charge in [0.25, 0.3) is 5.91 Å². The van der Waals surface area contributed by atoms with Crippen LogP contribution in [0.15, 0.2) is 60.7 Å². The number of sulfonamides is 1. The Labute approximate surface area is 239 Å². The molecule has 0 spiro atoms. The molecule has 0 atom stereocenters. The Morgan fingerprint density at radius 2 is 1.66 bits per heavy atom. The summed E-state index contributed by atoms with van der Waals surface area (Å²) in [5, 5.41) is 0.887. The largest absolute Gasteiger partial charge is 0.573 e. The number of rotatable bonds is 9. The summed E-state index contributed by atoms with van der Waals surface area (Å²) in [6.45, 7) is 5.52. The molecule has 0 fully saturated rings. The minimum absolute atomic E-state index is 0.113. The first-order chi connectivity index (χ1) is 19.0. The van der Waals surface area contributed by atoms with Gasteiger partial charge < -0.3 is 19.8 Å². The van der Waals surface area contributed by atoms with Gasteiger partial charge in [0.2, 0.25) is 10.0 Å². The molecule has 1 amide bonds. The van der Waals surface area contributed by atoms with Crippen molar-refractivity contribution >= 4 is 44.1 Å². The smallest absolute Gasteiger partial charge is 0.494 e. The van der Waals surface area contributed by atoms with Crippen molar-refractivity contribution in [3.05, 3.63) is 82.5 Å².